The molecule has 2 heterocycles. The van der Waals surface area contributed by atoms with Crippen molar-refractivity contribution < 1.29 is 19.1 Å². The van der Waals surface area contributed by atoms with Gasteiger partial charge >= 0.3 is 5.97 Å². The van der Waals surface area contributed by atoms with Crippen molar-refractivity contribution in [3.05, 3.63) is 83.9 Å². The molecular formula is C27H30N3O3+. The maximum Gasteiger partial charge on any atom is 0.348 e. The van der Waals surface area contributed by atoms with Gasteiger partial charge in [0.15, 0.2) is 6.10 Å². The Morgan fingerprint density at radius 3 is 2.48 bits per heavy atom. The number of quaternary nitrogens is 1. The molecule has 5 rings (SSSR count). The number of piperidine rings is 1. The number of esters is 1. The highest BCUT2D eigenvalue weighted by atomic mass is 16.6. The summed E-state index contributed by atoms with van der Waals surface area (Å²) in [5.41, 5.74) is 2.23. The summed E-state index contributed by atoms with van der Waals surface area (Å²) in [6, 6.07) is 15.1. The molecule has 0 saturated carbocycles. The number of nitrogens with zero attached hydrogens (tertiary/aromatic N) is 3. The third kappa shape index (κ3) is 4.05. The van der Waals surface area contributed by atoms with E-state index in [9.17, 15) is 9.90 Å². The summed E-state index contributed by atoms with van der Waals surface area (Å²) in [5, 5.41) is 11.7. The lowest BCUT2D eigenvalue weighted by atomic mass is 9.91. The Morgan fingerprint density at radius 1 is 1.12 bits per heavy atom. The van der Waals surface area contributed by atoms with Crippen LogP contribution in [0.25, 0.3) is 11.1 Å². The number of hydrogen-bond donors (Lipinski definition) is 1. The number of aliphatic hydroxyl groups is 1. The minimum absolute atomic E-state index is 0.211. The molecule has 1 saturated heterocycles. The van der Waals surface area contributed by atoms with Crippen molar-refractivity contribution in [1.29, 1.82) is 0 Å². The smallest absolute Gasteiger partial charge is 0.348 e. The van der Waals surface area contributed by atoms with E-state index >= 15 is 0 Å². The Bertz CT molecular complexity index is 1100. The zero-order chi connectivity index (χ0) is 22.9. The summed E-state index contributed by atoms with van der Waals surface area (Å²) >= 11 is 0. The first-order chi connectivity index (χ1) is 16.0. The van der Waals surface area contributed by atoms with Crippen LogP contribution >= 0.6 is 0 Å². The Hall–Kier alpha value is -3.09. The van der Waals surface area contributed by atoms with Crippen LogP contribution in [0.2, 0.25) is 0 Å². The minimum atomic E-state index is -1.76. The molecule has 1 aromatic heterocycles. The van der Waals surface area contributed by atoms with Gasteiger partial charge in [-0.2, -0.15) is 0 Å². The molecule has 6 heteroatoms. The Labute approximate surface area is 194 Å². The number of ether oxygens (including phenoxy) is 1. The van der Waals surface area contributed by atoms with Crippen LogP contribution in [0, 0.1) is 0 Å². The first-order valence-electron chi connectivity index (χ1n) is 11.7. The van der Waals surface area contributed by atoms with E-state index in [-0.39, 0.29) is 6.10 Å². The fraction of sp³-hybridized carbons (Fsp3) is 0.370. The fourth-order valence-electron chi connectivity index (χ4n) is 5.44. The second-order valence-electron chi connectivity index (χ2n) is 9.52. The summed E-state index contributed by atoms with van der Waals surface area (Å²) in [4.78, 5) is 22.0. The standard InChI is InChI=1S/C27H30N3O3/c1-30(16-6-8-20-18-28-14-15-29-20)17-7-9-21(19-30)33-26(31)27(32)24-12-4-2-10-22(24)23-11-3-5-13-25(23)27/h2-5,10-15,18,21,32H,6-9,16-17,19H2,1H3/q+1/t21-,30?/m1/s1. The zero-order valence-electron chi connectivity index (χ0n) is 19.0. The molecule has 0 bridgehead atoms. The molecular weight excluding hydrogens is 414 g/mol. The highest BCUT2D eigenvalue weighted by Crippen LogP contribution is 2.48. The van der Waals surface area contributed by atoms with Gasteiger partial charge < -0.3 is 14.3 Å². The molecule has 1 aliphatic carbocycles. The van der Waals surface area contributed by atoms with Gasteiger partial charge in [-0.15, -0.1) is 0 Å². The van der Waals surface area contributed by atoms with Gasteiger partial charge in [0.05, 0.1) is 25.8 Å². The van der Waals surface area contributed by atoms with Crippen molar-refractivity contribution in [2.45, 2.75) is 37.4 Å². The molecule has 1 aliphatic heterocycles. The van der Waals surface area contributed by atoms with Gasteiger partial charge in [-0.05, 0) is 24.0 Å². The van der Waals surface area contributed by atoms with Crippen LogP contribution in [-0.4, -0.2) is 58.3 Å². The number of likely N-dealkylation sites (N-methyl/N-ethyl adjacent to an activating group) is 1. The van der Waals surface area contributed by atoms with Crippen molar-refractivity contribution >= 4 is 5.97 Å². The predicted octanol–water partition coefficient (Wildman–Crippen LogP) is 3.48. The first-order valence-corrected chi connectivity index (χ1v) is 11.7. The normalized spacial score (nSPS) is 22.9. The van der Waals surface area contributed by atoms with Crippen LogP contribution in [0.1, 0.15) is 36.1 Å². The summed E-state index contributed by atoms with van der Waals surface area (Å²) in [5.74, 6) is -0.571. The minimum Gasteiger partial charge on any atom is -0.454 e. The number of carbonyl (C=O) groups is 1. The zero-order valence-corrected chi connectivity index (χ0v) is 19.0. The van der Waals surface area contributed by atoms with Gasteiger partial charge in [0.25, 0.3) is 0 Å². The van der Waals surface area contributed by atoms with Gasteiger partial charge in [-0.1, -0.05) is 48.5 Å². The van der Waals surface area contributed by atoms with Gasteiger partial charge in [0.2, 0.25) is 5.60 Å². The molecule has 2 atom stereocenters. The van der Waals surface area contributed by atoms with Crippen molar-refractivity contribution in [2.75, 3.05) is 26.7 Å². The molecule has 2 aliphatic rings. The van der Waals surface area contributed by atoms with Gasteiger partial charge in [-0.3, -0.25) is 9.97 Å². The number of fused-ring (bicyclic) bond motifs is 3. The molecule has 1 unspecified atom stereocenters. The lowest BCUT2D eigenvalue weighted by Crippen LogP contribution is -2.55. The number of likely N-dealkylation sites (tertiary alicyclic amines) is 1. The molecule has 33 heavy (non-hydrogen) atoms. The van der Waals surface area contributed by atoms with E-state index in [0.717, 1.165) is 66.6 Å². The lowest BCUT2D eigenvalue weighted by molar-refractivity contribution is -0.917. The molecule has 6 nitrogen and oxygen atoms in total. The number of aryl methyl sites for hydroxylation is 1. The van der Waals surface area contributed by atoms with E-state index < -0.39 is 11.6 Å². The molecule has 2 aromatic carbocycles. The second-order valence-corrected chi connectivity index (χ2v) is 9.52. The average Bonchev–Trinajstić information content (AvgIpc) is 3.10. The second kappa shape index (κ2) is 8.69. The van der Waals surface area contributed by atoms with Gasteiger partial charge in [0, 0.05) is 42.6 Å². The van der Waals surface area contributed by atoms with Gasteiger partial charge in [0.1, 0.15) is 6.54 Å². The number of carbonyl (C=O) groups excluding carboxylic acids is 1. The van der Waals surface area contributed by atoms with Crippen LogP contribution in [-0.2, 0) is 21.6 Å². The Morgan fingerprint density at radius 2 is 1.82 bits per heavy atom. The Kier molecular flexibility index (Phi) is 5.72. The summed E-state index contributed by atoms with van der Waals surface area (Å²) in [7, 11) is 2.23. The van der Waals surface area contributed by atoms with Crippen LogP contribution in [0.15, 0.2) is 67.1 Å². The SMILES string of the molecule is C[N+]1(CCCc2cnccn2)CCC[C@@H](OC(=O)C2(O)c3ccccc3-c3ccccc32)C1. The van der Waals surface area contributed by atoms with E-state index in [1.165, 1.54) is 0 Å². The van der Waals surface area contributed by atoms with E-state index in [2.05, 4.69) is 17.0 Å². The largest absolute Gasteiger partial charge is 0.454 e. The highest BCUT2D eigenvalue weighted by Gasteiger charge is 2.50. The summed E-state index contributed by atoms with van der Waals surface area (Å²) in [6.45, 7) is 2.80. The average molecular weight is 445 g/mol. The molecule has 0 radical (unpaired) electrons. The molecule has 0 spiro atoms. The fourth-order valence-corrected chi connectivity index (χ4v) is 5.44. The van der Waals surface area contributed by atoms with Crippen LogP contribution in [0.4, 0.5) is 0 Å². The van der Waals surface area contributed by atoms with Gasteiger partial charge in [-0.25, -0.2) is 4.79 Å². The van der Waals surface area contributed by atoms with E-state index in [1.54, 1.807) is 12.4 Å². The lowest BCUT2D eigenvalue weighted by Gasteiger charge is -2.41. The monoisotopic (exact) mass is 444 g/mol. The van der Waals surface area contributed by atoms with Crippen LogP contribution < -0.4 is 0 Å². The Balaban J connectivity index is 1.29. The predicted molar refractivity (Wildman–Crippen MR) is 125 cm³/mol. The molecule has 170 valence electrons. The van der Waals surface area contributed by atoms with Crippen molar-refractivity contribution in [3.63, 3.8) is 0 Å². The number of aromatic nitrogens is 2. The van der Waals surface area contributed by atoms with Crippen LogP contribution in [0.5, 0.6) is 0 Å². The summed E-state index contributed by atoms with van der Waals surface area (Å²) < 4.78 is 6.88. The highest BCUT2D eigenvalue weighted by molar-refractivity contribution is 5.96. The maximum atomic E-state index is 13.5. The number of benzene rings is 2. The summed E-state index contributed by atoms with van der Waals surface area (Å²) in [6.07, 6.45) is 8.73. The van der Waals surface area contributed by atoms with Crippen molar-refractivity contribution in [2.24, 2.45) is 0 Å². The van der Waals surface area contributed by atoms with Crippen molar-refractivity contribution in [3.8, 4) is 11.1 Å². The maximum absolute atomic E-state index is 13.5. The topological polar surface area (TPSA) is 72.3 Å². The third-order valence-corrected chi connectivity index (χ3v) is 7.11. The molecule has 0 amide bonds. The number of rotatable bonds is 6. The number of hydrogen-bond acceptors (Lipinski definition) is 5. The third-order valence-electron chi connectivity index (χ3n) is 7.11. The molecule has 1 fully saturated rings. The van der Waals surface area contributed by atoms with Crippen LogP contribution in [0.3, 0.4) is 0 Å². The quantitative estimate of drug-likeness (QED) is 0.466. The molecule has 1 N–H and O–H groups in total. The van der Waals surface area contributed by atoms with E-state index in [4.69, 9.17) is 4.74 Å². The van der Waals surface area contributed by atoms with Crippen molar-refractivity contribution in [1.82, 2.24) is 9.97 Å². The first kappa shape index (κ1) is 21.7. The molecule has 3 aromatic rings. The van der Waals surface area contributed by atoms with E-state index in [0.29, 0.717) is 11.1 Å². The van der Waals surface area contributed by atoms with E-state index in [1.807, 2.05) is 54.7 Å².